The molecule has 0 amide bonds. The van der Waals surface area contributed by atoms with Gasteiger partial charge in [-0.1, -0.05) is 23.2 Å². The maximum atomic E-state index is 6.15. The fourth-order valence-corrected chi connectivity index (χ4v) is 2.43. The summed E-state index contributed by atoms with van der Waals surface area (Å²) in [6, 6.07) is 6.20. The van der Waals surface area contributed by atoms with Gasteiger partial charge in [0.25, 0.3) is 0 Å². The summed E-state index contributed by atoms with van der Waals surface area (Å²) in [5, 5.41) is 4.98. The van der Waals surface area contributed by atoms with E-state index in [-0.39, 0.29) is 12.4 Å². The van der Waals surface area contributed by atoms with Crippen LogP contribution in [0.4, 0.5) is 0 Å². The lowest BCUT2D eigenvalue weighted by Crippen LogP contribution is -2.48. The molecule has 5 heteroatoms. The Morgan fingerprint density at radius 2 is 2.18 bits per heavy atom. The first-order chi connectivity index (χ1) is 7.65. The standard InChI is InChI=1S/C12H16Cl2N2.ClH/c1-9-7-16(5-4-15-9)8-10-6-11(13)2-3-12(10)14;/h2-3,6,9,15H,4-5,7-8H2,1H3;1H. The van der Waals surface area contributed by atoms with E-state index < -0.39 is 0 Å². The molecular weight excluding hydrogens is 279 g/mol. The normalized spacial score (nSPS) is 21.0. The minimum Gasteiger partial charge on any atom is -0.312 e. The third-order valence-electron chi connectivity index (χ3n) is 2.85. The maximum absolute atomic E-state index is 6.15. The van der Waals surface area contributed by atoms with E-state index in [9.17, 15) is 0 Å². The number of hydrogen-bond acceptors (Lipinski definition) is 2. The molecular formula is C12H17Cl3N2. The van der Waals surface area contributed by atoms with Gasteiger partial charge in [-0.25, -0.2) is 0 Å². The minimum atomic E-state index is 0. The van der Waals surface area contributed by atoms with Crippen LogP contribution in [0.3, 0.4) is 0 Å². The number of piperazine rings is 1. The van der Waals surface area contributed by atoms with E-state index in [2.05, 4.69) is 17.1 Å². The highest BCUT2D eigenvalue weighted by atomic mass is 35.5. The van der Waals surface area contributed by atoms with Crippen molar-refractivity contribution in [3.05, 3.63) is 33.8 Å². The number of benzene rings is 1. The van der Waals surface area contributed by atoms with Crippen molar-refractivity contribution in [2.45, 2.75) is 19.5 Å². The second-order valence-corrected chi connectivity index (χ2v) is 5.17. The summed E-state index contributed by atoms with van der Waals surface area (Å²) < 4.78 is 0. The third-order valence-corrected chi connectivity index (χ3v) is 3.46. The molecule has 1 atom stereocenters. The average Bonchev–Trinajstić information content (AvgIpc) is 2.24. The zero-order chi connectivity index (χ0) is 11.5. The Morgan fingerprint density at radius 3 is 2.88 bits per heavy atom. The highest BCUT2D eigenvalue weighted by Gasteiger charge is 2.16. The van der Waals surface area contributed by atoms with Gasteiger partial charge in [-0.3, -0.25) is 4.90 Å². The van der Waals surface area contributed by atoms with E-state index in [1.807, 2.05) is 18.2 Å². The van der Waals surface area contributed by atoms with Crippen LogP contribution in [0.2, 0.25) is 10.0 Å². The van der Waals surface area contributed by atoms with Crippen molar-refractivity contribution in [2.24, 2.45) is 0 Å². The molecule has 0 saturated carbocycles. The van der Waals surface area contributed by atoms with Gasteiger partial charge >= 0.3 is 0 Å². The lowest BCUT2D eigenvalue weighted by molar-refractivity contribution is 0.200. The van der Waals surface area contributed by atoms with Crippen LogP contribution in [0, 0.1) is 0 Å². The Bertz CT molecular complexity index is 371. The van der Waals surface area contributed by atoms with E-state index in [1.54, 1.807) is 0 Å². The molecule has 1 fully saturated rings. The second kappa shape index (κ2) is 6.81. The van der Waals surface area contributed by atoms with E-state index in [4.69, 9.17) is 23.2 Å². The van der Waals surface area contributed by atoms with Gasteiger partial charge in [0, 0.05) is 42.3 Å². The highest BCUT2D eigenvalue weighted by Crippen LogP contribution is 2.22. The van der Waals surface area contributed by atoms with Gasteiger partial charge in [0.1, 0.15) is 0 Å². The van der Waals surface area contributed by atoms with Crippen molar-refractivity contribution >= 4 is 35.6 Å². The van der Waals surface area contributed by atoms with Crippen molar-refractivity contribution < 1.29 is 0 Å². The second-order valence-electron chi connectivity index (χ2n) is 4.33. The lowest BCUT2D eigenvalue weighted by Gasteiger charge is -2.32. The Labute approximate surface area is 119 Å². The van der Waals surface area contributed by atoms with Gasteiger partial charge in [0.05, 0.1) is 0 Å². The molecule has 1 aromatic carbocycles. The van der Waals surface area contributed by atoms with Gasteiger partial charge in [-0.15, -0.1) is 12.4 Å². The zero-order valence-corrected chi connectivity index (χ0v) is 12.1. The Hall–Kier alpha value is 0.01000. The van der Waals surface area contributed by atoms with Gasteiger partial charge in [-0.05, 0) is 30.7 Å². The fourth-order valence-electron chi connectivity index (χ4n) is 2.06. The van der Waals surface area contributed by atoms with Crippen molar-refractivity contribution in [3.8, 4) is 0 Å². The number of nitrogens with one attached hydrogen (secondary N) is 1. The summed E-state index contributed by atoms with van der Waals surface area (Å²) in [5.74, 6) is 0. The Kier molecular flexibility index (Phi) is 6.04. The lowest BCUT2D eigenvalue weighted by atomic mass is 10.1. The van der Waals surface area contributed by atoms with Gasteiger partial charge in [0.15, 0.2) is 0 Å². The van der Waals surface area contributed by atoms with Crippen LogP contribution in [0.15, 0.2) is 18.2 Å². The molecule has 0 spiro atoms. The minimum absolute atomic E-state index is 0. The zero-order valence-electron chi connectivity index (χ0n) is 9.75. The molecule has 0 aromatic heterocycles. The number of halogens is 3. The highest BCUT2D eigenvalue weighted by molar-refractivity contribution is 6.33. The largest absolute Gasteiger partial charge is 0.312 e. The van der Waals surface area contributed by atoms with E-state index in [1.165, 1.54) is 0 Å². The molecule has 1 heterocycles. The van der Waals surface area contributed by atoms with Crippen LogP contribution in [-0.4, -0.2) is 30.6 Å². The molecule has 1 unspecified atom stereocenters. The molecule has 1 saturated heterocycles. The van der Waals surface area contributed by atoms with Crippen molar-refractivity contribution in [1.82, 2.24) is 10.2 Å². The van der Waals surface area contributed by atoms with Crippen LogP contribution in [0.25, 0.3) is 0 Å². The summed E-state index contributed by atoms with van der Waals surface area (Å²) in [5.41, 5.74) is 1.11. The fraction of sp³-hybridized carbons (Fsp3) is 0.500. The topological polar surface area (TPSA) is 15.3 Å². The Morgan fingerprint density at radius 1 is 1.41 bits per heavy atom. The molecule has 0 aliphatic carbocycles. The van der Waals surface area contributed by atoms with Gasteiger partial charge in [0.2, 0.25) is 0 Å². The smallest absolute Gasteiger partial charge is 0.0452 e. The predicted octanol–water partition coefficient (Wildman–Crippen LogP) is 3.21. The van der Waals surface area contributed by atoms with Gasteiger partial charge in [-0.2, -0.15) is 0 Å². The first kappa shape index (κ1) is 15.1. The van der Waals surface area contributed by atoms with E-state index in [0.717, 1.165) is 41.8 Å². The summed E-state index contributed by atoms with van der Waals surface area (Å²) >= 11 is 12.1. The summed E-state index contributed by atoms with van der Waals surface area (Å²) in [7, 11) is 0. The number of hydrogen-bond donors (Lipinski definition) is 1. The van der Waals surface area contributed by atoms with Crippen molar-refractivity contribution in [3.63, 3.8) is 0 Å². The van der Waals surface area contributed by atoms with Crippen LogP contribution in [0.1, 0.15) is 12.5 Å². The van der Waals surface area contributed by atoms with Crippen molar-refractivity contribution in [1.29, 1.82) is 0 Å². The monoisotopic (exact) mass is 294 g/mol. The van der Waals surface area contributed by atoms with E-state index >= 15 is 0 Å². The first-order valence-electron chi connectivity index (χ1n) is 5.55. The molecule has 1 N–H and O–H groups in total. The van der Waals surface area contributed by atoms with Crippen LogP contribution >= 0.6 is 35.6 Å². The van der Waals surface area contributed by atoms with Gasteiger partial charge < -0.3 is 5.32 Å². The van der Waals surface area contributed by atoms with Crippen LogP contribution < -0.4 is 5.32 Å². The summed E-state index contributed by atoms with van der Waals surface area (Å²) in [6.07, 6.45) is 0. The molecule has 96 valence electrons. The first-order valence-corrected chi connectivity index (χ1v) is 6.30. The molecule has 17 heavy (non-hydrogen) atoms. The molecule has 2 rings (SSSR count). The molecule has 1 aromatic rings. The quantitative estimate of drug-likeness (QED) is 0.901. The van der Waals surface area contributed by atoms with Crippen LogP contribution in [-0.2, 0) is 6.54 Å². The maximum Gasteiger partial charge on any atom is 0.0452 e. The predicted molar refractivity (Wildman–Crippen MR) is 76.5 cm³/mol. The number of nitrogens with zero attached hydrogens (tertiary/aromatic N) is 1. The van der Waals surface area contributed by atoms with E-state index in [0.29, 0.717) is 6.04 Å². The van der Waals surface area contributed by atoms with Crippen LogP contribution in [0.5, 0.6) is 0 Å². The molecule has 2 nitrogen and oxygen atoms in total. The molecule has 0 radical (unpaired) electrons. The summed E-state index contributed by atoms with van der Waals surface area (Å²) in [4.78, 5) is 2.40. The summed E-state index contributed by atoms with van der Waals surface area (Å²) in [6.45, 7) is 6.24. The SMILES string of the molecule is CC1CN(Cc2cc(Cl)ccc2Cl)CCN1.Cl. The third kappa shape index (κ3) is 4.31. The molecule has 0 bridgehead atoms. The molecule has 1 aliphatic heterocycles. The average molecular weight is 296 g/mol. The molecule has 1 aliphatic rings. The van der Waals surface area contributed by atoms with Crippen molar-refractivity contribution in [2.75, 3.05) is 19.6 Å². The number of rotatable bonds is 2. The Balaban J connectivity index is 0.00000144.